The van der Waals surface area contributed by atoms with Gasteiger partial charge in [-0.2, -0.15) is 0 Å². The van der Waals surface area contributed by atoms with Crippen molar-refractivity contribution in [3.8, 4) is 0 Å². The molecule has 4 nitrogen and oxygen atoms in total. The van der Waals surface area contributed by atoms with Gasteiger partial charge in [0.1, 0.15) is 6.73 Å². The summed E-state index contributed by atoms with van der Waals surface area (Å²) in [6.45, 7) is 0.528. The Kier molecular flexibility index (Phi) is 1.64. The van der Waals surface area contributed by atoms with Crippen LogP contribution in [0.3, 0.4) is 0 Å². The molecule has 2 N–H and O–H groups in total. The van der Waals surface area contributed by atoms with Gasteiger partial charge in [0.2, 0.25) is 0 Å². The van der Waals surface area contributed by atoms with Crippen molar-refractivity contribution < 1.29 is 4.74 Å². The summed E-state index contributed by atoms with van der Waals surface area (Å²) < 4.78 is 4.78. The number of rotatable bonds is 2. The second-order valence-electron chi connectivity index (χ2n) is 1.40. The third-order valence-corrected chi connectivity index (χ3v) is 0.760. The van der Waals surface area contributed by atoms with Crippen LogP contribution >= 0.6 is 0 Å². The van der Waals surface area contributed by atoms with Gasteiger partial charge in [-0.25, -0.2) is 5.01 Å². The molecular weight excluding hydrogens is 106 g/mol. The molecule has 0 saturated carbocycles. The molecule has 8 heavy (non-hydrogen) atoms. The monoisotopic (exact) mass is 114 g/mol. The van der Waals surface area contributed by atoms with Crippen LogP contribution < -0.4 is 11.0 Å². The van der Waals surface area contributed by atoms with E-state index in [0.29, 0.717) is 6.73 Å². The molecule has 0 atom stereocenters. The summed E-state index contributed by atoms with van der Waals surface area (Å²) in [5.74, 6) is 0. The molecule has 0 fully saturated rings. The highest BCUT2D eigenvalue weighted by Crippen LogP contribution is 1.85. The van der Waals surface area contributed by atoms with Crippen LogP contribution in [0.25, 0.3) is 0 Å². The number of hydrogen-bond acceptors (Lipinski definition) is 4. The lowest BCUT2D eigenvalue weighted by atomic mass is 10.9. The van der Waals surface area contributed by atoms with Crippen LogP contribution in [0.1, 0.15) is 0 Å². The van der Waals surface area contributed by atoms with Crippen molar-refractivity contribution in [2.75, 3.05) is 13.8 Å². The van der Waals surface area contributed by atoms with Gasteiger partial charge in [0.25, 0.3) is 6.20 Å². The first kappa shape index (κ1) is 5.31. The molecule has 0 saturated heterocycles. The van der Waals surface area contributed by atoms with Gasteiger partial charge in [-0.1, -0.05) is 11.0 Å². The number of ether oxygens (including phenoxy) is 1. The molecule has 1 heterocycles. The molecule has 0 unspecified atom stereocenters. The zero-order chi connectivity index (χ0) is 5.82. The lowest BCUT2D eigenvalue weighted by Gasteiger charge is -2.06. The molecule has 1 rings (SSSR count). The third kappa shape index (κ3) is 1.07. The maximum Gasteiger partial charge on any atom is 0.407 e. The van der Waals surface area contributed by atoms with Crippen LogP contribution in [0.5, 0.6) is 0 Å². The van der Waals surface area contributed by atoms with Gasteiger partial charge in [0.05, 0.1) is 0 Å². The van der Waals surface area contributed by atoms with Crippen molar-refractivity contribution in [1.82, 2.24) is 16.0 Å². The molecule has 4 heteroatoms. The number of hydrogen-bond donors (Lipinski definition) is 2. The van der Waals surface area contributed by atoms with Crippen LogP contribution in [0, 0.1) is 6.20 Å². The molecule has 0 aliphatic carbocycles. The summed E-state index contributed by atoms with van der Waals surface area (Å²) in [6, 6.07) is 0. The van der Waals surface area contributed by atoms with Gasteiger partial charge in [0, 0.05) is 7.11 Å². The van der Waals surface area contributed by atoms with E-state index in [9.17, 15) is 0 Å². The second-order valence-corrected chi connectivity index (χ2v) is 1.40. The summed E-state index contributed by atoms with van der Waals surface area (Å²) >= 11 is 0. The van der Waals surface area contributed by atoms with Gasteiger partial charge >= 0.3 is 6.20 Å². The lowest BCUT2D eigenvalue weighted by Crippen LogP contribution is -2.36. The molecule has 0 aromatic heterocycles. The van der Waals surface area contributed by atoms with Crippen molar-refractivity contribution in [3.63, 3.8) is 0 Å². The normalized spacial score (nSPS) is 15.9. The minimum absolute atomic E-state index is 0.528. The second kappa shape index (κ2) is 2.47. The number of hydrazine groups is 2. The minimum Gasteiger partial charge on any atom is -0.363 e. The van der Waals surface area contributed by atoms with Crippen molar-refractivity contribution in [2.24, 2.45) is 0 Å². The summed E-state index contributed by atoms with van der Waals surface area (Å²) in [5.41, 5.74) is 5.40. The van der Waals surface area contributed by atoms with Crippen LogP contribution in [-0.4, -0.2) is 18.8 Å². The largest absolute Gasteiger partial charge is 0.407 e. The van der Waals surface area contributed by atoms with E-state index in [1.165, 1.54) is 0 Å². The average Bonchev–Trinajstić information content (AvgIpc) is 2.19. The van der Waals surface area contributed by atoms with Crippen molar-refractivity contribution in [2.45, 2.75) is 0 Å². The Bertz CT molecular complexity index is 93.3. The van der Waals surface area contributed by atoms with E-state index in [4.69, 9.17) is 4.74 Å². The quantitative estimate of drug-likeness (QED) is 0.460. The van der Waals surface area contributed by atoms with Crippen LogP contribution in [0.4, 0.5) is 0 Å². The van der Waals surface area contributed by atoms with E-state index in [1.54, 1.807) is 18.3 Å². The van der Waals surface area contributed by atoms with Crippen molar-refractivity contribution in [3.05, 3.63) is 12.4 Å². The first-order valence-electron chi connectivity index (χ1n) is 2.28. The van der Waals surface area contributed by atoms with E-state index < -0.39 is 0 Å². The summed E-state index contributed by atoms with van der Waals surface area (Å²) in [4.78, 5) is 0. The molecule has 0 aromatic rings. The summed E-state index contributed by atoms with van der Waals surface area (Å²) in [5, 5.41) is 1.72. The van der Waals surface area contributed by atoms with Crippen LogP contribution in [-0.2, 0) is 4.74 Å². The van der Waals surface area contributed by atoms with E-state index in [-0.39, 0.29) is 0 Å². The lowest BCUT2D eigenvalue weighted by molar-refractivity contribution is 0.0647. The van der Waals surface area contributed by atoms with Gasteiger partial charge in [0.15, 0.2) is 0 Å². The minimum atomic E-state index is 0.528. The van der Waals surface area contributed by atoms with Gasteiger partial charge in [-0.3, -0.25) is 0 Å². The van der Waals surface area contributed by atoms with Crippen LogP contribution in [0.2, 0.25) is 0 Å². The Hall–Kier alpha value is -0.830. The smallest absolute Gasteiger partial charge is 0.363 e. The molecule has 0 spiro atoms. The Labute approximate surface area is 48.1 Å². The SMILES string of the molecule is COCN1C=[C+]NN1. The molecule has 0 radical (unpaired) electrons. The first-order valence-corrected chi connectivity index (χ1v) is 2.28. The predicted molar refractivity (Wildman–Crippen MR) is 27.8 cm³/mol. The van der Waals surface area contributed by atoms with Gasteiger partial charge in [-0.15, -0.1) is 0 Å². The fourth-order valence-corrected chi connectivity index (χ4v) is 0.455. The van der Waals surface area contributed by atoms with E-state index in [1.807, 2.05) is 0 Å². The molecule has 0 aromatic carbocycles. The highest BCUT2D eigenvalue weighted by Gasteiger charge is 2.10. The fraction of sp³-hybridized carbons (Fsp3) is 0.500. The number of nitrogens with one attached hydrogen (secondary N) is 2. The molecular formula is C4H8N3O+. The van der Waals surface area contributed by atoms with Gasteiger partial charge < -0.3 is 4.74 Å². The zero-order valence-electron chi connectivity index (χ0n) is 4.64. The highest BCUT2D eigenvalue weighted by molar-refractivity contribution is 4.72. The van der Waals surface area contributed by atoms with E-state index in [2.05, 4.69) is 17.2 Å². The average molecular weight is 114 g/mol. The zero-order valence-corrected chi connectivity index (χ0v) is 4.64. The molecule has 1 aliphatic heterocycles. The maximum absolute atomic E-state index is 4.78. The maximum atomic E-state index is 4.78. The Morgan fingerprint density at radius 2 is 2.75 bits per heavy atom. The number of methoxy groups -OCH3 is 1. The molecule has 0 bridgehead atoms. The molecule has 0 amide bonds. The van der Waals surface area contributed by atoms with Crippen LogP contribution in [0.15, 0.2) is 6.20 Å². The summed E-state index contributed by atoms with van der Waals surface area (Å²) in [7, 11) is 1.63. The van der Waals surface area contributed by atoms with E-state index in [0.717, 1.165) is 0 Å². The molecule has 44 valence electrons. The predicted octanol–water partition coefficient (Wildman–Crippen LogP) is -0.811. The first-order chi connectivity index (χ1) is 3.93. The van der Waals surface area contributed by atoms with E-state index >= 15 is 0 Å². The number of nitrogens with zero attached hydrogens (tertiary/aromatic N) is 1. The molecule has 1 aliphatic rings. The van der Waals surface area contributed by atoms with Crippen molar-refractivity contribution in [1.29, 1.82) is 0 Å². The summed E-state index contributed by atoms with van der Waals surface area (Å²) in [6.07, 6.45) is 4.44. The topological polar surface area (TPSA) is 36.5 Å². The Morgan fingerprint density at radius 1 is 1.88 bits per heavy atom. The third-order valence-electron chi connectivity index (χ3n) is 0.760. The fourth-order valence-electron chi connectivity index (χ4n) is 0.455. The highest BCUT2D eigenvalue weighted by atomic mass is 16.5. The van der Waals surface area contributed by atoms with Crippen molar-refractivity contribution >= 4 is 0 Å². The Balaban J connectivity index is 2.16. The van der Waals surface area contributed by atoms with Gasteiger partial charge in [-0.05, 0) is 0 Å². The Morgan fingerprint density at radius 3 is 3.25 bits per heavy atom. The standard InChI is InChI=1S/C4H8N3O/c1-8-4-7-3-2-5-6-7/h3,5-6H,4H2,1H3/q+1.